The lowest BCUT2D eigenvalue weighted by atomic mass is 10.1. The van der Waals surface area contributed by atoms with E-state index in [9.17, 15) is 0 Å². The van der Waals surface area contributed by atoms with E-state index in [1.54, 1.807) is 0 Å². The van der Waals surface area contributed by atoms with Crippen LogP contribution in [0.1, 0.15) is 18.2 Å². The average molecular weight is 285 g/mol. The topological polar surface area (TPSA) is 15.8 Å². The summed E-state index contributed by atoms with van der Waals surface area (Å²) in [5.41, 5.74) is 3.92. The molecule has 0 saturated heterocycles. The molecule has 1 N–H and O–H groups in total. The molecule has 0 fully saturated rings. The summed E-state index contributed by atoms with van der Waals surface area (Å²) in [6.07, 6.45) is 1.11. The molecule has 0 bridgehead atoms. The van der Waals surface area contributed by atoms with E-state index in [1.165, 1.54) is 25.7 Å². The molecule has 0 saturated carbocycles. The van der Waals surface area contributed by atoms with Crippen LogP contribution in [-0.2, 0) is 6.42 Å². The smallest absolute Gasteiger partial charge is 0.0467 e. The van der Waals surface area contributed by atoms with E-state index < -0.39 is 0 Å². The molecule has 13 heavy (non-hydrogen) atoms. The molecule has 0 radical (unpaired) electrons. The third kappa shape index (κ3) is 1.47. The van der Waals surface area contributed by atoms with Crippen molar-refractivity contribution in [3.05, 3.63) is 33.0 Å². The van der Waals surface area contributed by atoms with Crippen LogP contribution in [0.25, 0.3) is 10.9 Å². The zero-order valence-corrected chi connectivity index (χ0v) is 9.97. The molecule has 2 aromatic rings. The number of aromatic amines is 1. The molecule has 1 nitrogen and oxygen atoms in total. The summed E-state index contributed by atoms with van der Waals surface area (Å²) in [5.74, 6) is 0. The molecule has 0 amide bonds. The van der Waals surface area contributed by atoms with Crippen molar-refractivity contribution < 1.29 is 0 Å². The Kier molecular flexibility index (Phi) is 2.32. The number of aromatic nitrogens is 1. The Morgan fingerprint density at radius 2 is 2.15 bits per heavy atom. The van der Waals surface area contributed by atoms with Crippen LogP contribution in [-0.4, -0.2) is 4.98 Å². The number of aryl methyl sites for hydroxylation is 2. The predicted octanol–water partition coefficient (Wildman–Crippen LogP) is 3.64. The van der Waals surface area contributed by atoms with Gasteiger partial charge in [0.05, 0.1) is 0 Å². The predicted molar refractivity (Wildman–Crippen MR) is 65.1 cm³/mol. The molecule has 2 heteroatoms. The number of benzene rings is 1. The van der Waals surface area contributed by atoms with Gasteiger partial charge >= 0.3 is 0 Å². The van der Waals surface area contributed by atoms with Gasteiger partial charge in [0.15, 0.2) is 0 Å². The van der Waals surface area contributed by atoms with Gasteiger partial charge in [-0.3, -0.25) is 0 Å². The van der Waals surface area contributed by atoms with Gasteiger partial charge in [-0.2, -0.15) is 0 Å². The molecule has 1 aromatic heterocycles. The minimum atomic E-state index is 1.11. The number of rotatable bonds is 1. The number of hydrogen-bond donors (Lipinski definition) is 1. The summed E-state index contributed by atoms with van der Waals surface area (Å²) in [5, 5.41) is 1.36. The molecular weight excluding hydrogens is 273 g/mol. The second-order valence-electron chi connectivity index (χ2n) is 3.30. The van der Waals surface area contributed by atoms with Crippen LogP contribution in [0, 0.1) is 10.5 Å². The number of fused-ring (bicyclic) bond motifs is 1. The maximum atomic E-state index is 3.37. The molecule has 68 valence electrons. The summed E-state index contributed by atoms with van der Waals surface area (Å²) in [6.45, 7) is 4.31. The standard InChI is InChI=1S/C11H12IN/c1-3-8-4-5-10-9(6-8)11(12)7(2)13-10/h4-6,13H,3H2,1-2H3. The fraction of sp³-hybridized carbons (Fsp3) is 0.273. The second-order valence-corrected chi connectivity index (χ2v) is 4.38. The first-order chi connectivity index (χ1) is 6.22. The highest BCUT2D eigenvalue weighted by Crippen LogP contribution is 2.24. The first kappa shape index (κ1) is 9.06. The lowest BCUT2D eigenvalue weighted by Gasteiger charge is -1.96. The fourth-order valence-corrected chi connectivity index (χ4v) is 2.14. The third-order valence-corrected chi connectivity index (χ3v) is 3.77. The largest absolute Gasteiger partial charge is 0.358 e. The van der Waals surface area contributed by atoms with Gasteiger partial charge in [0.25, 0.3) is 0 Å². The summed E-state index contributed by atoms with van der Waals surface area (Å²) in [4.78, 5) is 3.37. The van der Waals surface area contributed by atoms with E-state index in [2.05, 4.69) is 59.6 Å². The Morgan fingerprint density at radius 1 is 1.38 bits per heavy atom. The number of H-pyrrole nitrogens is 1. The molecule has 1 heterocycles. The van der Waals surface area contributed by atoms with Crippen molar-refractivity contribution >= 4 is 33.5 Å². The van der Waals surface area contributed by atoms with E-state index >= 15 is 0 Å². The monoisotopic (exact) mass is 285 g/mol. The lowest BCUT2D eigenvalue weighted by molar-refractivity contribution is 1.15. The first-order valence-corrected chi connectivity index (χ1v) is 5.57. The van der Waals surface area contributed by atoms with Crippen LogP contribution >= 0.6 is 22.6 Å². The van der Waals surface area contributed by atoms with Gasteiger partial charge in [-0.05, 0) is 53.6 Å². The molecule has 1 aromatic carbocycles. The maximum absolute atomic E-state index is 3.37. The Hall–Kier alpha value is -0.510. The summed E-state index contributed by atoms with van der Waals surface area (Å²) in [6, 6.07) is 6.64. The van der Waals surface area contributed by atoms with E-state index in [4.69, 9.17) is 0 Å². The molecular formula is C11H12IN. The quantitative estimate of drug-likeness (QED) is 0.770. The molecule has 0 atom stereocenters. The maximum Gasteiger partial charge on any atom is 0.0467 e. The van der Waals surface area contributed by atoms with Gasteiger partial charge in [0.1, 0.15) is 0 Å². The van der Waals surface area contributed by atoms with Crippen molar-refractivity contribution in [2.75, 3.05) is 0 Å². The van der Waals surface area contributed by atoms with Crippen LogP contribution in [0.15, 0.2) is 18.2 Å². The van der Waals surface area contributed by atoms with Gasteiger partial charge in [-0.25, -0.2) is 0 Å². The van der Waals surface area contributed by atoms with Gasteiger partial charge in [-0.1, -0.05) is 13.0 Å². The van der Waals surface area contributed by atoms with Crippen LogP contribution < -0.4 is 0 Å². The Balaban J connectivity index is 2.75. The van der Waals surface area contributed by atoms with Crippen LogP contribution in [0.5, 0.6) is 0 Å². The zero-order chi connectivity index (χ0) is 9.42. The van der Waals surface area contributed by atoms with E-state index in [-0.39, 0.29) is 0 Å². The average Bonchev–Trinajstić information content (AvgIpc) is 2.43. The Labute approximate surface area is 91.7 Å². The number of hydrogen-bond acceptors (Lipinski definition) is 0. The summed E-state index contributed by atoms with van der Waals surface area (Å²) in [7, 11) is 0. The molecule has 0 unspecified atom stereocenters. The highest BCUT2D eigenvalue weighted by Gasteiger charge is 2.04. The van der Waals surface area contributed by atoms with Crippen molar-refractivity contribution in [3.8, 4) is 0 Å². The van der Waals surface area contributed by atoms with Crippen LogP contribution in [0.2, 0.25) is 0 Å². The highest BCUT2D eigenvalue weighted by atomic mass is 127. The molecule has 0 aliphatic heterocycles. The van der Waals surface area contributed by atoms with Gasteiger partial charge in [-0.15, -0.1) is 0 Å². The molecule has 0 spiro atoms. The third-order valence-electron chi connectivity index (χ3n) is 2.38. The van der Waals surface area contributed by atoms with Crippen molar-refractivity contribution in [1.82, 2.24) is 4.98 Å². The molecule has 0 aliphatic rings. The summed E-state index contributed by atoms with van der Waals surface area (Å²) >= 11 is 2.40. The van der Waals surface area contributed by atoms with Gasteiger partial charge in [0, 0.05) is 20.2 Å². The van der Waals surface area contributed by atoms with E-state index in [1.807, 2.05) is 0 Å². The first-order valence-electron chi connectivity index (χ1n) is 4.49. The van der Waals surface area contributed by atoms with Crippen LogP contribution in [0.3, 0.4) is 0 Å². The van der Waals surface area contributed by atoms with Crippen LogP contribution in [0.4, 0.5) is 0 Å². The van der Waals surface area contributed by atoms with Crippen molar-refractivity contribution in [2.45, 2.75) is 20.3 Å². The Bertz CT molecular complexity index is 443. The van der Waals surface area contributed by atoms with Crippen molar-refractivity contribution in [1.29, 1.82) is 0 Å². The normalized spacial score (nSPS) is 11.0. The SMILES string of the molecule is CCc1ccc2[nH]c(C)c(I)c2c1. The summed E-state index contributed by atoms with van der Waals surface area (Å²) < 4.78 is 1.35. The number of halogens is 1. The van der Waals surface area contributed by atoms with E-state index in [0.717, 1.165) is 6.42 Å². The van der Waals surface area contributed by atoms with E-state index in [0.29, 0.717) is 0 Å². The van der Waals surface area contributed by atoms with Gasteiger partial charge < -0.3 is 4.98 Å². The molecule has 0 aliphatic carbocycles. The van der Waals surface area contributed by atoms with Crippen molar-refractivity contribution in [2.24, 2.45) is 0 Å². The van der Waals surface area contributed by atoms with Gasteiger partial charge in [0.2, 0.25) is 0 Å². The fourth-order valence-electron chi connectivity index (χ4n) is 1.56. The Morgan fingerprint density at radius 3 is 2.85 bits per heavy atom. The lowest BCUT2D eigenvalue weighted by Crippen LogP contribution is -1.78. The molecule has 2 rings (SSSR count). The highest BCUT2D eigenvalue weighted by molar-refractivity contribution is 14.1. The number of nitrogens with one attached hydrogen (secondary N) is 1. The van der Waals surface area contributed by atoms with Crippen molar-refractivity contribution in [3.63, 3.8) is 0 Å². The minimum Gasteiger partial charge on any atom is -0.358 e. The zero-order valence-electron chi connectivity index (χ0n) is 7.82. The minimum absolute atomic E-state index is 1.11. The second kappa shape index (κ2) is 3.33.